The van der Waals surface area contributed by atoms with Crippen molar-refractivity contribution in [3.63, 3.8) is 0 Å². The van der Waals surface area contributed by atoms with Crippen molar-refractivity contribution in [2.24, 2.45) is 0 Å². The van der Waals surface area contributed by atoms with E-state index in [0.29, 0.717) is 13.1 Å². The fraction of sp³-hybridized carbons (Fsp3) is 0.833. The van der Waals surface area contributed by atoms with E-state index in [1.165, 1.54) is 4.90 Å². The summed E-state index contributed by atoms with van der Waals surface area (Å²) in [6.07, 6.45) is 0.0622. The maximum atomic E-state index is 11.8. The van der Waals surface area contributed by atoms with Crippen LogP contribution in [-0.2, 0) is 19.4 Å². The molecular weight excluding hydrogens is 282 g/mol. The molecule has 2 N–H and O–H groups in total. The molecule has 1 rings (SSSR count). The van der Waals surface area contributed by atoms with Crippen molar-refractivity contribution in [3.8, 4) is 0 Å². The Hall–Kier alpha value is -1.15. The maximum absolute atomic E-state index is 11.8. The van der Waals surface area contributed by atoms with E-state index in [9.17, 15) is 18.0 Å². The van der Waals surface area contributed by atoms with Crippen LogP contribution in [0.5, 0.6) is 0 Å². The van der Waals surface area contributed by atoms with Gasteiger partial charge in [0.25, 0.3) is 0 Å². The zero-order valence-electron chi connectivity index (χ0n) is 12.2. The van der Waals surface area contributed by atoms with E-state index in [1.807, 2.05) is 6.92 Å². The van der Waals surface area contributed by atoms with E-state index in [1.54, 1.807) is 14.0 Å². The number of carbonyl (C=O) groups excluding carboxylic acids is 2. The minimum atomic E-state index is -3.06. The summed E-state index contributed by atoms with van der Waals surface area (Å²) in [6, 6.07) is -0.979. The Morgan fingerprint density at radius 1 is 1.45 bits per heavy atom. The Bertz CT molecular complexity index is 463. The molecule has 1 aliphatic rings. The Balaban J connectivity index is 2.45. The summed E-state index contributed by atoms with van der Waals surface area (Å²) in [5.41, 5.74) is 0. The molecule has 1 fully saturated rings. The van der Waals surface area contributed by atoms with Crippen LogP contribution in [0.3, 0.4) is 0 Å². The lowest BCUT2D eigenvalue weighted by molar-refractivity contribution is -0.134. The molecule has 0 aromatic rings. The largest absolute Gasteiger partial charge is 0.345 e. The third kappa shape index (κ3) is 5.09. The molecule has 0 bridgehead atoms. The predicted molar refractivity (Wildman–Crippen MR) is 76.0 cm³/mol. The molecule has 116 valence electrons. The third-order valence-corrected chi connectivity index (χ3v) is 5.07. The molecule has 7 nitrogen and oxygen atoms in total. The van der Waals surface area contributed by atoms with Gasteiger partial charge in [-0.25, -0.2) is 8.42 Å². The average Bonchev–Trinajstić information content (AvgIpc) is 2.35. The summed E-state index contributed by atoms with van der Waals surface area (Å²) < 4.78 is 22.9. The number of rotatable bonds is 5. The number of carbonyl (C=O) groups is 2. The SMILES string of the molecule is CCN(C)C(=O)C(C)NC(=O)CC1CS(=O)(=O)CCN1. The number of nitrogens with one attached hydrogen (secondary N) is 2. The molecule has 2 atom stereocenters. The van der Waals surface area contributed by atoms with Gasteiger partial charge >= 0.3 is 0 Å². The van der Waals surface area contributed by atoms with Gasteiger partial charge in [-0.2, -0.15) is 0 Å². The molecule has 1 aliphatic heterocycles. The minimum Gasteiger partial charge on any atom is -0.345 e. The van der Waals surface area contributed by atoms with Crippen molar-refractivity contribution in [1.82, 2.24) is 15.5 Å². The number of nitrogens with zero attached hydrogens (tertiary/aromatic N) is 1. The second kappa shape index (κ2) is 7.03. The lowest BCUT2D eigenvalue weighted by atomic mass is 10.2. The van der Waals surface area contributed by atoms with Crippen molar-refractivity contribution in [1.29, 1.82) is 0 Å². The van der Waals surface area contributed by atoms with Crippen LogP contribution in [0.4, 0.5) is 0 Å². The van der Waals surface area contributed by atoms with Crippen molar-refractivity contribution >= 4 is 21.7 Å². The summed E-state index contributed by atoms with van der Waals surface area (Å²) >= 11 is 0. The minimum absolute atomic E-state index is 0.0301. The molecule has 8 heteroatoms. The van der Waals surface area contributed by atoms with Gasteiger partial charge in [0.2, 0.25) is 11.8 Å². The van der Waals surface area contributed by atoms with Crippen molar-refractivity contribution in [2.75, 3.05) is 31.6 Å². The van der Waals surface area contributed by atoms with E-state index in [4.69, 9.17) is 0 Å². The van der Waals surface area contributed by atoms with Crippen molar-refractivity contribution < 1.29 is 18.0 Å². The van der Waals surface area contributed by atoms with Crippen LogP contribution >= 0.6 is 0 Å². The average molecular weight is 305 g/mol. The smallest absolute Gasteiger partial charge is 0.244 e. The summed E-state index contributed by atoms with van der Waals surface area (Å²) in [4.78, 5) is 25.2. The number of amides is 2. The molecule has 1 saturated heterocycles. The van der Waals surface area contributed by atoms with Gasteiger partial charge in [0.1, 0.15) is 6.04 Å². The first-order chi connectivity index (χ1) is 9.25. The molecule has 2 unspecified atom stereocenters. The summed E-state index contributed by atoms with van der Waals surface area (Å²) in [7, 11) is -1.39. The first kappa shape index (κ1) is 16.9. The highest BCUT2D eigenvalue weighted by Gasteiger charge is 2.27. The first-order valence-corrected chi connectivity index (χ1v) is 8.55. The summed E-state index contributed by atoms with van der Waals surface area (Å²) in [5, 5.41) is 5.61. The van der Waals surface area contributed by atoms with Gasteiger partial charge in [-0.15, -0.1) is 0 Å². The van der Waals surface area contributed by atoms with Gasteiger partial charge in [-0.1, -0.05) is 0 Å². The molecule has 0 aliphatic carbocycles. The second-order valence-corrected chi connectivity index (χ2v) is 7.34. The molecule has 2 amide bonds. The van der Waals surface area contributed by atoms with Gasteiger partial charge in [0.05, 0.1) is 11.5 Å². The topological polar surface area (TPSA) is 95.6 Å². The van der Waals surface area contributed by atoms with Crippen molar-refractivity contribution in [2.45, 2.75) is 32.4 Å². The highest BCUT2D eigenvalue weighted by molar-refractivity contribution is 7.91. The summed E-state index contributed by atoms with van der Waals surface area (Å²) in [5.74, 6) is -0.395. The fourth-order valence-electron chi connectivity index (χ4n) is 2.07. The summed E-state index contributed by atoms with van der Waals surface area (Å²) in [6.45, 7) is 4.41. The second-order valence-electron chi connectivity index (χ2n) is 5.11. The zero-order valence-corrected chi connectivity index (χ0v) is 13.0. The Kier molecular flexibility index (Phi) is 5.94. The van der Waals surface area contributed by atoms with Crippen LogP contribution < -0.4 is 10.6 Å². The standard InChI is InChI=1S/C12H23N3O4S/c1-4-15(3)12(17)9(2)14-11(16)7-10-8-20(18,19)6-5-13-10/h9-10,13H,4-8H2,1-3H3,(H,14,16). The van der Waals surface area contributed by atoms with Gasteiger partial charge in [0.15, 0.2) is 9.84 Å². The molecule has 20 heavy (non-hydrogen) atoms. The molecule has 0 aromatic carbocycles. The van der Waals surface area contributed by atoms with Gasteiger partial charge < -0.3 is 15.5 Å². The number of hydrogen-bond donors (Lipinski definition) is 2. The lowest BCUT2D eigenvalue weighted by Gasteiger charge is -2.24. The molecular formula is C12H23N3O4S. The number of likely N-dealkylation sites (N-methyl/N-ethyl adjacent to an activating group) is 1. The van der Waals surface area contributed by atoms with Crippen molar-refractivity contribution in [3.05, 3.63) is 0 Å². The zero-order chi connectivity index (χ0) is 15.3. The molecule has 0 spiro atoms. The molecule has 0 aromatic heterocycles. The number of hydrogen-bond acceptors (Lipinski definition) is 5. The van der Waals surface area contributed by atoms with Crippen LogP contribution in [0.1, 0.15) is 20.3 Å². The Morgan fingerprint density at radius 2 is 2.10 bits per heavy atom. The first-order valence-electron chi connectivity index (χ1n) is 6.73. The molecule has 1 heterocycles. The Labute approximate surface area is 120 Å². The van der Waals surface area contributed by atoms with Crippen LogP contribution in [-0.4, -0.2) is 68.9 Å². The van der Waals surface area contributed by atoms with E-state index in [0.717, 1.165) is 0 Å². The van der Waals surface area contributed by atoms with Crippen LogP contribution in [0.25, 0.3) is 0 Å². The van der Waals surface area contributed by atoms with Crippen LogP contribution in [0, 0.1) is 0 Å². The Morgan fingerprint density at radius 3 is 2.65 bits per heavy atom. The van der Waals surface area contributed by atoms with Gasteiger partial charge in [-0.3, -0.25) is 9.59 Å². The predicted octanol–water partition coefficient (Wildman–Crippen LogP) is -1.25. The van der Waals surface area contributed by atoms with E-state index in [2.05, 4.69) is 10.6 Å². The van der Waals surface area contributed by atoms with E-state index < -0.39 is 15.9 Å². The quantitative estimate of drug-likeness (QED) is 0.661. The number of sulfone groups is 1. The molecule has 0 radical (unpaired) electrons. The highest BCUT2D eigenvalue weighted by atomic mass is 32.2. The maximum Gasteiger partial charge on any atom is 0.244 e. The fourth-order valence-corrected chi connectivity index (χ4v) is 3.52. The highest BCUT2D eigenvalue weighted by Crippen LogP contribution is 2.05. The lowest BCUT2D eigenvalue weighted by Crippen LogP contribution is -2.50. The monoisotopic (exact) mass is 305 g/mol. The van der Waals surface area contributed by atoms with E-state index in [-0.39, 0.29) is 35.8 Å². The van der Waals surface area contributed by atoms with Crippen LogP contribution in [0.2, 0.25) is 0 Å². The molecule has 0 saturated carbocycles. The van der Waals surface area contributed by atoms with Gasteiger partial charge in [0, 0.05) is 32.6 Å². The van der Waals surface area contributed by atoms with Gasteiger partial charge in [-0.05, 0) is 13.8 Å². The normalized spacial score (nSPS) is 22.9. The third-order valence-electron chi connectivity index (χ3n) is 3.33. The van der Waals surface area contributed by atoms with E-state index >= 15 is 0 Å². The van der Waals surface area contributed by atoms with Crippen LogP contribution in [0.15, 0.2) is 0 Å².